The fourth-order valence-corrected chi connectivity index (χ4v) is 1.42. The zero-order valence-corrected chi connectivity index (χ0v) is 15.4. The summed E-state index contributed by atoms with van der Waals surface area (Å²) < 4.78 is 9.73. The predicted molar refractivity (Wildman–Crippen MR) is 89.1 cm³/mol. The molecule has 0 heterocycles. The molecule has 0 spiro atoms. The monoisotopic (exact) mass is 332 g/mol. The highest BCUT2D eigenvalue weighted by atomic mass is 16.6. The fraction of sp³-hybridized carbons (Fsp3) is 0.812. The van der Waals surface area contributed by atoms with Gasteiger partial charge in [0.25, 0.3) is 0 Å². The molecular formula is C16H32N2O5. The molecule has 0 aromatic heterocycles. The molecule has 0 aromatic rings. The minimum Gasteiger partial charge on any atom is -0.467 e. The van der Waals surface area contributed by atoms with Crippen LogP contribution in [0.3, 0.4) is 0 Å². The van der Waals surface area contributed by atoms with Crippen molar-refractivity contribution in [2.75, 3.05) is 13.7 Å². The van der Waals surface area contributed by atoms with Crippen molar-refractivity contribution in [1.82, 2.24) is 10.6 Å². The molecule has 2 N–H and O–H groups in total. The Morgan fingerprint density at radius 2 is 1.61 bits per heavy atom. The van der Waals surface area contributed by atoms with Gasteiger partial charge in [0.1, 0.15) is 11.6 Å². The molecule has 2 amide bonds. The molecule has 1 atom stereocenters. The lowest BCUT2D eigenvalue weighted by Crippen LogP contribution is -2.46. The van der Waals surface area contributed by atoms with Gasteiger partial charge in [-0.05, 0) is 34.1 Å². The first-order valence-corrected chi connectivity index (χ1v) is 7.95. The van der Waals surface area contributed by atoms with Gasteiger partial charge in [-0.2, -0.15) is 0 Å². The van der Waals surface area contributed by atoms with Crippen LogP contribution in [0.2, 0.25) is 0 Å². The van der Waals surface area contributed by atoms with Crippen molar-refractivity contribution >= 4 is 18.0 Å². The number of ether oxygens (including phenoxy) is 2. The zero-order chi connectivity index (χ0) is 18.5. The Labute approximate surface area is 139 Å². The third-order valence-corrected chi connectivity index (χ3v) is 2.19. The number of esters is 2. The van der Waals surface area contributed by atoms with Crippen LogP contribution in [0.4, 0.5) is 4.79 Å². The number of methoxy groups -OCH3 is 1. The Morgan fingerprint density at radius 3 is 2.00 bits per heavy atom. The summed E-state index contributed by atoms with van der Waals surface area (Å²) in [5, 5.41) is 4.96. The normalized spacial score (nSPS) is 11.4. The van der Waals surface area contributed by atoms with Crippen LogP contribution < -0.4 is 10.6 Å². The van der Waals surface area contributed by atoms with Gasteiger partial charge in [0, 0.05) is 13.0 Å². The summed E-state index contributed by atoms with van der Waals surface area (Å²) >= 11 is 0. The number of urea groups is 1. The molecular weight excluding hydrogens is 300 g/mol. The van der Waals surface area contributed by atoms with Gasteiger partial charge in [0.2, 0.25) is 0 Å². The van der Waals surface area contributed by atoms with Crippen LogP contribution in [0.25, 0.3) is 0 Å². The van der Waals surface area contributed by atoms with Gasteiger partial charge in [-0.3, -0.25) is 4.79 Å². The average molecular weight is 332 g/mol. The Balaban J connectivity index is 0. The fourth-order valence-electron chi connectivity index (χ4n) is 1.42. The highest BCUT2D eigenvalue weighted by molar-refractivity contribution is 5.84. The molecule has 136 valence electrons. The number of hydrogen-bond donors (Lipinski definition) is 2. The van der Waals surface area contributed by atoms with Crippen LogP contribution in [0.1, 0.15) is 60.8 Å². The maximum absolute atomic E-state index is 11.6. The molecule has 0 saturated carbocycles. The predicted octanol–water partition coefficient (Wildman–Crippen LogP) is 2.39. The summed E-state index contributed by atoms with van der Waals surface area (Å²) in [6.45, 7) is 11.7. The van der Waals surface area contributed by atoms with Crippen molar-refractivity contribution in [2.24, 2.45) is 0 Å². The number of rotatable bonds is 6. The van der Waals surface area contributed by atoms with Crippen LogP contribution in [-0.2, 0) is 19.1 Å². The van der Waals surface area contributed by atoms with Gasteiger partial charge in [0.15, 0.2) is 0 Å². The summed E-state index contributed by atoms with van der Waals surface area (Å²) in [5.74, 6) is -1.02. The second-order valence-corrected chi connectivity index (χ2v) is 5.91. The largest absolute Gasteiger partial charge is 0.467 e. The van der Waals surface area contributed by atoms with Gasteiger partial charge in [-0.1, -0.05) is 20.3 Å². The van der Waals surface area contributed by atoms with E-state index in [0.717, 1.165) is 0 Å². The van der Waals surface area contributed by atoms with E-state index < -0.39 is 29.6 Å². The average Bonchev–Trinajstić information content (AvgIpc) is 2.41. The van der Waals surface area contributed by atoms with Crippen LogP contribution in [0, 0.1) is 0 Å². The maximum Gasteiger partial charge on any atom is 0.328 e. The van der Waals surface area contributed by atoms with Crippen molar-refractivity contribution in [2.45, 2.75) is 72.4 Å². The van der Waals surface area contributed by atoms with Crippen LogP contribution in [-0.4, -0.2) is 43.3 Å². The van der Waals surface area contributed by atoms with E-state index in [9.17, 15) is 14.4 Å². The van der Waals surface area contributed by atoms with E-state index in [-0.39, 0.29) is 12.8 Å². The molecule has 0 radical (unpaired) electrons. The molecule has 23 heavy (non-hydrogen) atoms. The molecule has 0 aliphatic heterocycles. The van der Waals surface area contributed by atoms with E-state index in [1.165, 1.54) is 13.5 Å². The van der Waals surface area contributed by atoms with Gasteiger partial charge in [-0.25, -0.2) is 9.59 Å². The summed E-state index contributed by atoms with van der Waals surface area (Å²) in [5.41, 5.74) is -0.579. The zero-order valence-electron chi connectivity index (χ0n) is 15.4. The third-order valence-electron chi connectivity index (χ3n) is 2.19. The second kappa shape index (κ2) is 12.7. The summed E-state index contributed by atoms with van der Waals surface area (Å²) in [6.07, 6.45) is 1.39. The lowest BCUT2D eigenvalue weighted by Gasteiger charge is -2.21. The molecule has 1 unspecified atom stereocenters. The number of amides is 2. The lowest BCUT2D eigenvalue weighted by molar-refractivity contribution is -0.155. The van der Waals surface area contributed by atoms with Gasteiger partial charge < -0.3 is 20.1 Å². The molecule has 7 nitrogen and oxygen atoms in total. The van der Waals surface area contributed by atoms with Crippen molar-refractivity contribution in [3.8, 4) is 0 Å². The van der Waals surface area contributed by atoms with E-state index in [0.29, 0.717) is 6.54 Å². The highest BCUT2D eigenvalue weighted by Crippen LogP contribution is 2.10. The number of carbonyl (C=O) groups excluding carboxylic acids is 3. The van der Waals surface area contributed by atoms with E-state index in [1.807, 2.05) is 0 Å². The summed E-state index contributed by atoms with van der Waals surface area (Å²) in [6, 6.07) is -1.36. The molecule has 0 aliphatic rings. The van der Waals surface area contributed by atoms with Crippen molar-refractivity contribution < 1.29 is 23.9 Å². The smallest absolute Gasteiger partial charge is 0.328 e. The highest BCUT2D eigenvalue weighted by Gasteiger charge is 2.24. The van der Waals surface area contributed by atoms with Gasteiger partial charge in [0.05, 0.1) is 7.11 Å². The Morgan fingerprint density at radius 1 is 1.09 bits per heavy atom. The first-order chi connectivity index (χ1) is 10.6. The van der Waals surface area contributed by atoms with Gasteiger partial charge >= 0.3 is 18.0 Å². The van der Waals surface area contributed by atoms with Crippen LogP contribution >= 0.6 is 0 Å². The SMILES string of the molecule is CCC.CCNC(=O)NC(CCC(=O)OC(C)(C)C)C(=O)OC. The minimum absolute atomic E-state index is 0.0173. The quantitative estimate of drug-likeness (QED) is 0.728. The Kier molecular flexibility index (Phi) is 13.0. The van der Waals surface area contributed by atoms with Crippen LogP contribution in [0.5, 0.6) is 0 Å². The Bertz CT molecular complexity index is 364. The molecule has 0 bridgehead atoms. The molecule has 7 heteroatoms. The minimum atomic E-state index is -0.876. The topological polar surface area (TPSA) is 93.7 Å². The molecule has 0 aromatic carbocycles. The van der Waals surface area contributed by atoms with Crippen molar-refractivity contribution in [3.05, 3.63) is 0 Å². The molecule has 0 aliphatic carbocycles. The van der Waals surface area contributed by atoms with E-state index in [4.69, 9.17) is 4.74 Å². The first-order valence-electron chi connectivity index (χ1n) is 7.95. The molecule has 0 rings (SSSR count). The lowest BCUT2D eigenvalue weighted by atomic mass is 10.1. The van der Waals surface area contributed by atoms with Gasteiger partial charge in [-0.15, -0.1) is 0 Å². The van der Waals surface area contributed by atoms with E-state index in [1.54, 1.807) is 27.7 Å². The standard InChI is InChI=1S/C13H24N2O5.C3H8/c1-6-14-12(18)15-9(11(17)19-5)7-8-10(16)20-13(2,3)4;1-3-2/h9H,6-8H2,1-5H3,(H2,14,15,18);3H2,1-2H3. The van der Waals surface area contributed by atoms with E-state index in [2.05, 4.69) is 29.2 Å². The Hall–Kier alpha value is -1.79. The maximum atomic E-state index is 11.6. The number of carbonyl (C=O) groups is 3. The first kappa shape index (κ1) is 23.5. The second-order valence-electron chi connectivity index (χ2n) is 5.91. The molecule has 0 saturated heterocycles. The third kappa shape index (κ3) is 14.9. The van der Waals surface area contributed by atoms with Crippen LogP contribution in [0.15, 0.2) is 0 Å². The number of hydrogen-bond acceptors (Lipinski definition) is 5. The molecule has 0 fully saturated rings. The van der Waals surface area contributed by atoms with Crippen molar-refractivity contribution in [3.63, 3.8) is 0 Å². The number of nitrogens with one attached hydrogen (secondary N) is 2. The summed E-state index contributed by atoms with van der Waals surface area (Å²) in [7, 11) is 1.22. The van der Waals surface area contributed by atoms with E-state index >= 15 is 0 Å². The summed E-state index contributed by atoms with van der Waals surface area (Å²) in [4.78, 5) is 34.5. The van der Waals surface area contributed by atoms with Crippen molar-refractivity contribution in [1.29, 1.82) is 0 Å².